The number of likely N-dealkylation sites (tertiary alicyclic amines) is 1. The van der Waals surface area contributed by atoms with Crippen molar-refractivity contribution in [3.05, 3.63) is 42.0 Å². The zero-order valence-electron chi connectivity index (χ0n) is 14.7. The first-order valence-corrected chi connectivity index (χ1v) is 8.48. The molecular formula is C18H24N4O3. The minimum absolute atomic E-state index is 0.0247. The maximum Gasteiger partial charge on any atom is 0.260 e. The highest BCUT2D eigenvalue weighted by Crippen LogP contribution is 2.25. The highest BCUT2D eigenvalue weighted by atomic mass is 16.5. The number of benzene rings is 1. The Morgan fingerprint density at radius 2 is 2.12 bits per heavy atom. The van der Waals surface area contributed by atoms with Crippen molar-refractivity contribution in [2.75, 3.05) is 19.7 Å². The van der Waals surface area contributed by atoms with Crippen LogP contribution < -0.4 is 4.74 Å². The highest BCUT2D eigenvalue weighted by Gasteiger charge is 2.36. The third-order valence-corrected chi connectivity index (χ3v) is 4.58. The first kappa shape index (κ1) is 17.4. The van der Waals surface area contributed by atoms with E-state index < -0.39 is 5.60 Å². The molecule has 2 heterocycles. The molecule has 1 aromatic heterocycles. The zero-order valence-corrected chi connectivity index (χ0v) is 14.7. The molecular weight excluding hydrogens is 320 g/mol. The smallest absolute Gasteiger partial charge is 0.260 e. The first-order valence-electron chi connectivity index (χ1n) is 8.48. The van der Waals surface area contributed by atoms with Crippen molar-refractivity contribution in [3.63, 3.8) is 0 Å². The summed E-state index contributed by atoms with van der Waals surface area (Å²) in [4.78, 5) is 14.1. The van der Waals surface area contributed by atoms with E-state index in [0.29, 0.717) is 31.0 Å². The predicted octanol–water partition coefficient (Wildman–Crippen LogP) is 1.10. The molecule has 1 amide bonds. The number of piperidine rings is 1. The summed E-state index contributed by atoms with van der Waals surface area (Å²) in [6.07, 6.45) is 3.39. The van der Waals surface area contributed by atoms with Crippen LogP contribution in [0, 0.1) is 6.92 Å². The lowest BCUT2D eigenvalue weighted by Gasteiger charge is -2.39. The Kier molecular flexibility index (Phi) is 5.03. The number of hydrogen-bond donors (Lipinski definition) is 1. The summed E-state index contributed by atoms with van der Waals surface area (Å²) in [5.41, 5.74) is 0.169. The molecule has 0 aliphatic carbocycles. The standard InChI is InChI=1S/C18H24N4O3/c1-14-4-6-15(7-5-14)25-11-17(23)22-9-3-8-18(24,12-22)10-16-20-19-13-21(16)2/h4-7,13,24H,3,8-12H2,1-2H3. The third-order valence-electron chi connectivity index (χ3n) is 4.58. The average Bonchev–Trinajstić information content (AvgIpc) is 2.98. The molecule has 7 nitrogen and oxygen atoms in total. The molecule has 1 atom stereocenters. The Hall–Kier alpha value is -2.41. The normalized spacial score (nSPS) is 20.5. The van der Waals surface area contributed by atoms with E-state index in [9.17, 15) is 9.90 Å². The van der Waals surface area contributed by atoms with Gasteiger partial charge in [-0.25, -0.2) is 0 Å². The van der Waals surface area contributed by atoms with Crippen molar-refractivity contribution in [3.8, 4) is 5.75 Å². The van der Waals surface area contributed by atoms with Crippen LogP contribution in [0.5, 0.6) is 5.75 Å². The number of carbonyl (C=O) groups is 1. The van der Waals surface area contributed by atoms with Crippen LogP contribution in [0.1, 0.15) is 24.2 Å². The second-order valence-corrected chi connectivity index (χ2v) is 6.78. The lowest BCUT2D eigenvalue weighted by molar-refractivity contribution is -0.140. The summed E-state index contributed by atoms with van der Waals surface area (Å²) >= 11 is 0. The molecule has 134 valence electrons. The van der Waals surface area contributed by atoms with E-state index in [-0.39, 0.29) is 19.1 Å². The van der Waals surface area contributed by atoms with Crippen LogP contribution in [0.15, 0.2) is 30.6 Å². The fourth-order valence-corrected chi connectivity index (χ4v) is 3.10. The van der Waals surface area contributed by atoms with Gasteiger partial charge in [0.25, 0.3) is 5.91 Å². The van der Waals surface area contributed by atoms with Gasteiger partial charge in [0, 0.05) is 26.6 Å². The quantitative estimate of drug-likeness (QED) is 0.878. The molecule has 3 rings (SSSR count). The number of aromatic nitrogens is 3. The molecule has 1 aliphatic heterocycles. The van der Waals surface area contributed by atoms with Crippen molar-refractivity contribution in [1.29, 1.82) is 0 Å². The summed E-state index contributed by atoms with van der Waals surface area (Å²) in [6.45, 7) is 2.90. The van der Waals surface area contributed by atoms with Gasteiger partial charge in [-0.2, -0.15) is 0 Å². The van der Waals surface area contributed by atoms with E-state index in [0.717, 1.165) is 12.0 Å². The number of nitrogens with zero attached hydrogens (tertiary/aromatic N) is 4. The molecule has 0 bridgehead atoms. The first-order chi connectivity index (χ1) is 12.0. The SMILES string of the molecule is Cc1ccc(OCC(=O)N2CCCC(O)(Cc3nncn3C)C2)cc1. The number of rotatable bonds is 5. The fourth-order valence-electron chi connectivity index (χ4n) is 3.10. The number of amides is 1. The van der Waals surface area contributed by atoms with Gasteiger partial charge in [-0.15, -0.1) is 10.2 Å². The van der Waals surface area contributed by atoms with Crippen molar-refractivity contribution in [2.24, 2.45) is 7.05 Å². The number of carbonyl (C=O) groups excluding carboxylic acids is 1. The second-order valence-electron chi connectivity index (χ2n) is 6.78. The number of aliphatic hydroxyl groups is 1. The molecule has 1 saturated heterocycles. The van der Waals surface area contributed by atoms with Gasteiger partial charge in [0.15, 0.2) is 6.61 Å². The van der Waals surface area contributed by atoms with Crippen molar-refractivity contribution < 1.29 is 14.6 Å². The van der Waals surface area contributed by atoms with Crippen LogP contribution in [0.4, 0.5) is 0 Å². The van der Waals surface area contributed by atoms with Crippen LogP contribution in [0.2, 0.25) is 0 Å². The summed E-state index contributed by atoms with van der Waals surface area (Å²) < 4.78 is 7.36. The van der Waals surface area contributed by atoms with Gasteiger partial charge in [-0.3, -0.25) is 4.79 Å². The van der Waals surface area contributed by atoms with E-state index in [2.05, 4.69) is 10.2 Å². The monoisotopic (exact) mass is 344 g/mol. The van der Waals surface area contributed by atoms with Gasteiger partial charge >= 0.3 is 0 Å². The van der Waals surface area contributed by atoms with Crippen LogP contribution in [0.25, 0.3) is 0 Å². The minimum Gasteiger partial charge on any atom is -0.484 e. The Morgan fingerprint density at radius 3 is 2.80 bits per heavy atom. The lowest BCUT2D eigenvalue weighted by Crippen LogP contribution is -2.52. The van der Waals surface area contributed by atoms with Gasteiger partial charge < -0.3 is 19.3 Å². The predicted molar refractivity (Wildman–Crippen MR) is 92.1 cm³/mol. The van der Waals surface area contributed by atoms with Crippen LogP contribution in [-0.2, 0) is 18.3 Å². The number of aryl methyl sites for hydroxylation is 2. The van der Waals surface area contributed by atoms with Gasteiger partial charge in [0.05, 0.1) is 5.60 Å². The summed E-state index contributed by atoms with van der Waals surface area (Å²) in [6, 6.07) is 7.59. The molecule has 2 aromatic rings. The Bertz CT molecular complexity index is 728. The number of β-amino-alcohol motifs (C(OH)–C–C–N with tert-alkyl or cyclic N) is 1. The lowest BCUT2D eigenvalue weighted by atomic mass is 9.89. The summed E-state index contributed by atoms with van der Waals surface area (Å²) in [5.74, 6) is 1.27. The zero-order chi connectivity index (χ0) is 17.9. The Morgan fingerprint density at radius 1 is 1.36 bits per heavy atom. The van der Waals surface area contributed by atoms with Gasteiger partial charge in [-0.1, -0.05) is 17.7 Å². The van der Waals surface area contributed by atoms with Gasteiger partial charge in [0.1, 0.15) is 17.9 Å². The maximum absolute atomic E-state index is 12.5. The molecule has 0 saturated carbocycles. The van der Waals surface area contributed by atoms with Crippen molar-refractivity contribution in [2.45, 2.75) is 31.8 Å². The van der Waals surface area contributed by atoms with Crippen LogP contribution in [0.3, 0.4) is 0 Å². The molecule has 1 aliphatic rings. The minimum atomic E-state index is -0.974. The largest absolute Gasteiger partial charge is 0.484 e. The molecule has 7 heteroatoms. The van der Waals surface area contributed by atoms with Gasteiger partial charge in [0.2, 0.25) is 0 Å². The Labute approximate surface area is 147 Å². The van der Waals surface area contributed by atoms with Crippen LogP contribution >= 0.6 is 0 Å². The van der Waals surface area contributed by atoms with Crippen LogP contribution in [-0.4, -0.2) is 56.0 Å². The number of ether oxygens (including phenoxy) is 1. The molecule has 1 fully saturated rings. The van der Waals surface area contributed by atoms with E-state index in [1.54, 1.807) is 15.8 Å². The molecule has 0 spiro atoms. The molecule has 1 aromatic carbocycles. The van der Waals surface area contributed by atoms with Crippen molar-refractivity contribution in [1.82, 2.24) is 19.7 Å². The molecule has 25 heavy (non-hydrogen) atoms. The molecule has 1 N–H and O–H groups in total. The average molecular weight is 344 g/mol. The van der Waals surface area contributed by atoms with E-state index in [4.69, 9.17) is 4.74 Å². The highest BCUT2D eigenvalue weighted by molar-refractivity contribution is 5.78. The van der Waals surface area contributed by atoms with Crippen molar-refractivity contribution >= 4 is 5.91 Å². The molecule has 1 unspecified atom stereocenters. The fraction of sp³-hybridized carbons (Fsp3) is 0.500. The Balaban J connectivity index is 1.57. The van der Waals surface area contributed by atoms with Gasteiger partial charge in [-0.05, 0) is 31.9 Å². The number of hydrogen-bond acceptors (Lipinski definition) is 5. The maximum atomic E-state index is 12.5. The summed E-state index contributed by atoms with van der Waals surface area (Å²) in [7, 11) is 1.85. The van der Waals surface area contributed by atoms with E-state index in [1.807, 2.05) is 38.2 Å². The molecule has 0 radical (unpaired) electrons. The third kappa shape index (κ3) is 4.36. The second kappa shape index (κ2) is 7.23. The van der Waals surface area contributed by atoms with E-state index >= 15 is 0 Å². The van der Waals surface area contributed by atoms with E-state index in [1.165, 1.54) is 0 Å². The topological polar surface area (TPSA) is 80.5 Å². The summed E-state index contributed by atoms with van der Waals surface area (Å²) in [5, 5.41) is 18.8.